The molecule has 0 saturated heterocycles. The van der Waals surface area contributed by atoms with Crippen LogP contribution in [-0.2, 0) is 10.0 Å². The first-order valence-corrected chi connectivity index (χ1v) is 5.35. The van der Waals surface area contributed by atoms with Crippen molar-refractivity contribution in [2.75, 3.05) is 6.54 Å². The molecule has 0 aromatic carbocycles. The molecule has 0 heterocycles. The molecule has 0 radical (unpaired) electrons. The fourth-order valence-electron chi connectivity index (χ4n) is 0.390. The summed E-state index contributed by atoms with van der Waals surface area (Å²) < 4.78 is 24.2. The summed E-state index contributed by atoms with van der Waals surface area (Å²) in [6.07, 6.45) is 0. The molecule has 0 rings (SSSR count). The second-order valence-corrected chi connectivity index (χ2v) is 6.51. The monoisotopic (exact) mass is 211 g/mol. The van der Waals surface area contributed by atoms with E-state index in [-0.39, 0.29) is 11.6 Å². The molecule has 12 heavy (non-hydrogen) atoms. The van der Waals surface area contributed by atoms with Crippen molar-refractivity contribution in [1.82, 2.24) is 4.72 Å². The topological polar surface area (TPSA) is 46.2 Å². The van der Waals surface area contributed by atoms with Crippen LogP contribution in [0, 0.1) is 0 Å². The van der Waals surface area contributed by atoms with Gasteiger partial charge in [-0.3, -0.25) is 0 Å². The zero-order valence-electron chi connectivity index (χ0n) is 7.52. The molecule has 0 aliphatic heterocycles. The van der Waals surface area contributed by atoms with Crippen LogP contribution in [-0.4, -0.2) is 19.7 Å². The van der Waals surface area contributed by atoms with Crippen molar-refractivity contribution in [2.24, 2.45) is 0 Å². The van der Waals surface area contributed by atoms with Gasteiger partial charge in [-0.15, -0.1) is 0 Å². The van der Waals surface area contributed by atoms with Crippen LogP contribution in [0.25, 0.3) is 0 Å². The van der Waals surface area contributed by atoms with E-state index in [4.69, 9.17) is 11.6 Å². The van der Waals surface area contributed by atoms with Crippen LogP contribution in [0.5, 0.6) is 0 Å². The number of halogens is 1. The van der Waals surface area contributed by atoms with Gasteiger partial charge in [-0.05, 0) is 20.8 Å². The highest BCUT2D eigenvalue weighted by Crippen LogP contribution is 2.13. The molecule has 0 saturated carbocycles. The SMILES string of the molecule is C=C(Cl)CNS(=O)(=O)C(C)(C)C. The number of nitrogens with one attached hydrogen (secondary N) is 1. The molecule has 0 fully saturated rings. The molecule has 0 atom stereocenters. The van der Waals surface area contributed by atoms with Crippen LogP contribution < -0.4 is 4.72 Å². The highest BCUT2D eigenvalue weighted by molar-refractivity contribution is 7.90. The Morgan fingerprint density at radius 3 is 2.17 bits per heavy atom. The molecule has 0 aliphatic rings. The van der Waals surface area contributed by atoms with E-state index in [1.807, 2.05) is 0 Å². The third-order valence-corrected chi connectivity index (χ3v) is 3.53. The summed E-state index contributed by atoms with van der Waals surface area (Å²) in [5, 5.41) is 0.280. The zero-order chi connectivity index (χ0) is 9.99. The van der Waals surface area contributed by atoms with E-state index in [1.165, 1.54) is 0 Å². The van der Waals surface area contributed by atoms with E-state index in [0.717, 1.165) is 0 Å². The van der Waals surface area contributed by atoms with Gasteiger partial charge in [-0.1, -0.05) is 18.2 Å². The molecule has 0 aliphatic carbocycles. The first-order valence-electron chi connectivity index (χ1n) is 3.49. The Balaban J connectivity index is 4.37. The number of hydrogen-bond donors (Lipinski definition) is 1. The highest BCUT2D eigenvalue weighted by atomic mass is 35.5. The maximum atomic E-state index is 11.3. The van der Waals surface area contributed by atoms with Crippen molar-refractivity contribution in [3.63, 3.8) is 0 Å². The maximum Gasteiger partial charge on any atom is 0.216 e. The lowest BCUT2D eigenvalue weighted by atomic mass is 10.3. The summed E-state index contributed by atoms with van der Waals surface area (Å²) in [7, 11) is -3.29. The fourth-order valence-corrected chi connectivity index (χ4v) is 1.33. The number of rotatable bonds is 3. The summed E-state index contributed by atoms with van der Waals surface area (Å²) in [5.74, 6) is 0. The van der Waals surface area contributed by atoms with Crippen molar-refractivity contribution in [3.05, 3.63) is 11.6 Å². The third-order valence-electron chi connectivity index (χ3n) is 1.26. The van der Waals surface area contributed by atoms with Gasteiger partial charge in [0.2, 0.25) is 10.0 Å². The van der Waals surface area contributed by atoms with E-state index >= 15 is 0 Å². The Morgan fingerprint density at radius 2 is 1.92 bits per heavy atom. The summed E-state index contributed by atoms with van der Waals surface area (Å²) in [6.45, 7) is 8.32. The third kappa shape index (κ3) is 3.56. The van der Waals surface area contributed by atoms with E-state index in [0.29, 0.717) is 0 Å². The fraction of sp³-hybridized carbons (Fsp3) is 0.714. The van der Waals surface area contributed by atoms with Gasteiger partial charge in [-0.2, -0.15) is 0 Å². The van der Waals surface area contributed by atoms with Crippen molar-refractivity contribution >= 4 is 21.6 Å². The van der Waals surface area contributed by atoms with Gasteiger partial charge in [0.15, 0.2) is 0 Å². The molecule has 0 aromatic heterocycles. The molecule has 1 N–H and O–H groups in total. The molecule has 0 bridgehead atoms. The second kappa shape index (κ2) is 3.77. The Morgan fingerprint density at radius 1 is 1.50 bits per heavy atom. The smallest absolute Gasteiger partial charge is 0.212 e. The molecule has 0 aromatic rings. The minimum Gasteiger partial charge on any atom is -0.212 e. The normalized spacial score (nSPS) is 13.0. The summed E-state index contributed by atoms with van der Waals surface area (Å²) in [5.41, 5.74) is 0. The van der Waals surface area contributed by atoms with Crippen LogP contribution >= 0.6 is 11.6 Å². The Kier molecular flexibility index (Phi) is 3.75. The standard InChI is InChI=1S/C7H14ClNO2S/c1-6(8)5-9-12(10,11)7(2,3)4/h9H,1,5H2,2-4H3. The Bertz CT molecular complexity index is 264. The van der Waals surface area contributed by atoms with E-state index in [1.54, 1.807) is 20.8 Å². The number of sulfonamides is 1. The largest absolute Gasteiger partial charge is 0.216 e. The molecular weight excluding hydrogens is 198 g/mol. The average Bonchev–Trinajstić information content (AvgIpc) is 1.81. The van der Waals surface area contributed by atoms with Gasteiger partial charge in [0.1, 0.15) is 0 Å². The zero-order valence-corrected chi connectivity index (χ0v) is 9.09. The molecular formula is C7H14ClNO2S. The van der Waals surface area contributed by atoms with Gasteiger partial charge in [-0.25, -0.2) is 13.1 Å². The first-order chi connectivity index (χ1) is 5.17. The molecule has 72 valence electrons. The molecule has 0 amide bonds. The van der Waals surface area contributed by atoms with Crippen LogP contribution in [0.15, 0.2) is 11.6 Å². The van der Waals surface area contributed by atoms with E-state index in [9.17, 15) is 8.42 Å². The predicted octanol–water partition coefficient (Wildman–Crippen LogP) is 1.46. The molecule has 0 spiro atoms. The minimum absolute atomic E-state index is 0.0845. The van der Waals surface area contributed by atoms with Gasteiger partial charge in [0, 0.05) is 11.6 Å². The molecule has 0 unspecified atom stereocenters. The summed E-state index contributed by atoms with van der Waals surface area (Å²) in [6, 6.07) is 0. The van der Waals surface area contributed by atoms with Gasteiger partial charge >= 0.3 is 0 Å². The average molecular weight is 212 g/mol. The number of hydrogen-bond acceptors (Lipinski definition) is 2. The lowest BCUT2D eigenvalue weighted by Gasteiger charge is -2.19. The van der Waals surface area contributed by atoms with Gasteiger partial charge in [0.05, 0.1) is 4.75 Å². The van der Waals surface area contributed by atoms with Crippen LogP contribution in [0.1, 0.15) is 20.8 Å². The quantitative estimate of drug-likeness (QED) is 0.768. The highest BCUT2D eigenvalue weighted by Gasteiger charge is 2.28. The van der Waals surface area contributed by atoms with Crippen molar-refractivity contribution < 1.29 is 8.42 Å². The maximum absolute atomic E-state index is 11.3. The Hall–Kier alpha value is -0.0600. The molecule has 5 heteroatoms. The summed E-state index contributed by atoms with van der Waals surface area (Å²) in [4.78, 5) is 0. The van der Waals surface area contributed by atoms with Crippen molar-refractivity contribution in [1.29, 1.82) is 0 Å². The van der Waals surface area contributed by atoms with E-state index < -0.39 is 14.8 Å². The van der Waals surface area contributed by atoms with Gasteiger partial charge in [0.25, 0.3) is 0 Å². The Labute approximate surface area is 78.9 Å². The minimum atomic E-state index is -3.29. The van der Waals surface area contributed by atoms with Gasteiger partial charge < -0.3 is 0 Å². The van der Waals surface area contributed by atoms with Crippen LogP contribution in [0.3, 0.4) is 0 Å². The van der Waals surface area contributed by atoms with Crippen LogP contribution in [0.2, 0.25) is 0 Å². The van der Waals surface area contributed by atoms with Crippen molar-refractivity contribution in [2.45, 2.75) is 25.5 Å². The predicted molar refractivity (Wildman–Crippen MR) is 51.7 cm³/mol. The van der Waals surface area contributed by atoms with Crippen LogP contribution in [0.4, 0.5) is 0 Å². The first kappa shape index (κ1) is 11.9. The lowest BCUT2D eigenvalue weighted by molar-refractivity contribution is 0.548. The second-order valence-electron chi connectivity index (χ2n) is 3.45. The van der Waals surface area contributed by atoms with Crippen molar-refractivity contribution in [3.8, 4) is 0 Å². The molecule has 3 nitrogen and oxygen atoms in total. The van der Waals surface area contributed by atoms with E-state index in [2.05, 4.69) is 11.3 Å². The lowest BCUT2D eigenvalue weighted by Crippen LogP contribution is -2.39. The summed E-state index contributed by atoms with van der Waals surface area (Å²) >= 11 is 5.41.